The lowest BCUT2D eigenvalue weighted by Crippen LogP contribution is -2.23. The van der Waals surface area contributed by atoms with Gasteiger partial charge in [0.05, 0.1) is 4.47 Å². The Kier molecular flexibility index (Phi) is 5.22. The van der Waals surface area contributed by atoms with E-state index in [4.69, 9.17) is 0 Å². The molecule has 6 heteroatoms. The van der Waals surface area contributed by atoms with Gasteiger partial charge in [-0.2, -0.15) is 0 Å². The minimum absolute atomic E-state index is 0.134. The zero-order chi connectivity index (χ0) is 13.8. The smallest absolute Gasteiger partial charge is 0.405 e. The molecule has 18 heavy (non-hydrogen) atoms. The van der Waals surface area contributed by atoms with Crippen LogP contribution in [0.15, 0.2) is 35.3 Å². The van der Waals surface area contributed by atoms with Crippen molar-refractivity contribution >= 4 is 15.9 Å². The number of hydrogen-bond donors (Lipinski definition) is 1. The molecule has 0 fully saturated rings. The summed E-state index contributed by atoms with van der Waals surface area (Å²) in [4.78, 5) is 0. The number of rotatable bonds is 5. The molecule has 0 amide bonds. The van der Waals surface area contributed by atoms with Gasteiger partial charge in [-0.05, 0) is 40.5 Å². The predicted molar refractivity (Wildman–Crippen MR) is 67.3 cm³/mol. The fourth-order valence-electron chi connectivity index (χ4n) is 1.22. The molecule has 0 aromatic heterocycles. The van der Waals surface area contributed by atoms with Crippen LogP contribution in [0.4, 0.5) is 13.2 Å². The fraction of sp³-hybridized carbons (Fsp3) is 0.333. The first-order valence-corrected chi connectivity index (χ1v) is 6.01. The lowest BCUT2D eigenvalue weighted by molar-refractivity contribution is -0.274. The molecule has 1 aromatic carbocycles. The average molecular weight is 324 g/mol. The van der Waals surface area contributed by atoms with E-state index in [0.717, 1.165) is 5.56 Å². The second-order valence-corrected chi connectivity index (χ2v) is 4.57. The van der Waals surface area contributed by atoms with E-state index < -0.39 is 6.36 Å². The van der Waals surface area contributed by atoms with Crippen LogP contribution in [0.2, 0.25) is 0 Å². The van der Waals surface area contributed by atoms with Crippen LogP contribution in [0.5, 0.6) is 5.75 Å². The largest absolute Gasteiger partial charge is 0.573 e. The van der Waals surface area contributed by atoms with E-state index in [1.54, 1.807) is 18.2 Å². The molecule has 1 N–H and O–H groups in total. The van der Waals surface area contributed by atoms with E-state index in [9.17, 15) is 13.2 Å². The molecule has 0 aliphatic heterocycles. The lowest BCUT2D eigenvalue weighted by Gasteiger charge is -2.13. The molecule has 0 saturated heterocycles. The van der Waals surface area contributed by atoms with E-state index in [-0.39, 0.29) is 16.3 Å². The van der Waals surface area contributed by atoms with Crippen LogP contribution in [0, 0.1) is 0 Å². The second kappa shape index (κ2) is 6.24. The zero-order valence-corrected chi connectivity index (χ0v) is 11.3. The fourth-order valence-corrected chi connectivity index (χ4v) is 1.73. The maximum Gasteiger partial charge on any atom is 0.573 e. The Morgan fingerprint density at radius 1 is 1.50 bits per heavy atom. The molecule has 0 aliphatic rings. The van der Waals surface area contributed by atoms with Crippen LogP contribution < -0.4 is 10.1 Å². The summed E-state index contributed by atoms with van der Waals surface area (Å²) in [7, 11) is 0. The third-order valence-electron chi connectivity index (χ3n) is 2.20. The number of halogens is 4. The highest BCUT2D eigenvalue weighted by Crippen LogP contribution is 2.31. The van der Waals surface area contributed by atoms with E-state index in [1.165, 1.54) is 6.07 Å². The van der Waals surface area contributed by atoms with Crippen LogP contribution in [0.25, 0.3) is 0 Å². The Hall–Kier alpha value is -1.01. The van der Waals surface area contributed by atoms with Gasteiger partial charge in [0.15, 0.2) is 0 Å². The van der Waals surface area contributed by atoms with Gasteiger partial charge < -0.3 is 10.1 Å². The molecule has 0 bridgehead atoms. The summed E-state index contributed by atoms with van der Waals surface area (Å²) in [5, 5.41) is 3.14. The Balaban J connectivity index is 2.70. The van der Waals surface area contributed by atoms with Crippen molar-refractivity contribution in [3.05, 3.63) is 40.9 Å². The van der Waals surface area contributed by atoms with Crippen LogP contribution in [-0.2, 0) is 6.54 Å². The molecule has 1 atom stereocenters. The van der Waals surface area contributed by atoms with Gasteiger partial charge in [-0.1, -0.05) is 12.1 Å². The van der Waals surface area contributed by atoms with Crippen molar-refractivity contribution in [1.29, 1.82) is 0 Å². The SMILES string of the molecule is C=CC(C)NCc1ccc(OC(F)(F)F)c(Br)c1. The first kappa shape index (κ1) is 15.0. The molecule has 0 spiro atoms. The third-order valence-corrected chi connectivity index (χ3v) is 2.82. The monoisotopic (exact) mass is 323 g/mol. The molecule has 2 nitrogen and oxygen atoms in total. The average Bonchev–Trinajstić information content (AvgIpc) is 2.27. The van der Waals surface area contributed by atoms with E-state index in [2.05, 4.69) is 32.6 Å². The molecule has 1 unspecified atom stereocenters. The van der Waals surface area contributed by atoms with Crippen molar-refractivity contribution < 1.29 is 17.9 Å². The van der Waals surface area contributed by atoms with Crippen molar-refractivity contribution in [2.75, 3.05) is 0 Å². The third kappa shape index (κ3) is 5.10. The van der Waals surface area contributed by atoms with E-state index >= 15 is 0 Å². The van der Waals surface area contributed by atoms with Crippen molar-refractivity contribution in [3.63, 3.8) is 0 Å². The molecule has 0 saturated carbocycles. The van der Waals surface area contributed by atoms with Gasteiger partial charge in [0, 0.05) is 12.6 Å². The molecule has 0 radical (unpaired) electrons. The maximum absolute atomic E-state index is 12.1. The quantitative estimate of drug-likeness (QED) is 0.826. The molecule has 0 heterocycles. The van der Waals surface area contributed by atoms with E-state index in [0.29, 0.717) is 6.54 Å². The van der Waals surface area contributed by atoms with Crippen LogP contribution in [0.1, 0.15) is 12.5 Å². The van der Waals surface area contributed by atoms with Crippen molar-refractivity contribution in [2.24, 2.45) is 0 Å². The summed E-state index contributed by atoms with van der Waals surface area (Å²) in [6.07, 6.45) is -2.93. The van der Waals surface area contributed by atoms with Gasteiger partial charge in [0.1, 0.15) is 5.75 Å². The standard InChI is InChI=1S/C12H13BrF3NO/c1-3-8(2)17-7-9-4-5-11(10(13)6-9)18-12(14,15)16/h3-6,8,17H,1,7H2,2H3. The van der Waals surface area contributed by atoms with Crippen LogP contribution in [-0.4, -0.2) is 12.4 Å². The van der Waals surface area contributed by atoms with Gasteiger partial charge in [-0.3, -0.25) is 0 Å². The normalized spacial score (nSPS) is 13.2. The van der Waals surface area contributed by atoms with Crippen LogP contribution >= 0.6 is 15.9 Å². The first-order chi connectivity index (χ1) is 8.31. The summed E-state index contributed by atoms with van der Waals surface area (Å²) < 4.78 is 40.3. The van der Waals surface area contributed by atoms with E-state index in [1.807, 2.05) is 6.92 Å². The Morgan fingerprint density at radius 2 is 2.17 bits per heavy atom. The number of benzene rings is 1. The number of alkyl halides is 3. The molecule has 1 aromatic rings. The van der Waals surface area contributed by atoms with Crippen molar-refractivity contribution in [1.82, 2.24) is 5.32 Å². The van der Waals surface area contributed by atoms with Crippen molar-refractivity contribution in [3.8, 4) is 5.75 Å². The summed E-state index contributed by atoms with van der Waals surface area (Å²) in [5.41, 5.74) is 0.852. The highest BCUT2D eigenvalue weighted by Gasteiger charge is 2.31. The van der Waals surface area contributed by atoms with Gasteiger partial charge in [0.2, 0.25) is 0 Å². The van der Waals surface area contributed by atoms with Gasteiger partial charge in [-0.15, -0.1) is 19.8 Å². The van der Waals surface area contributed by atoms with Gasteiger partial charge >= 0.3 is 6.36 Å². The molecular formula is C12H13BrF3NO. The zero-order valence-electron chi connectivity index (χ0n) is 9.72. The highest BCUT2D eigenvalue weighted by atomic mass is 79.9. The van der Waals surface area contributed by atoms with Crippen LogP contribution in [0.3, 0.4) is 0 Å². The summed E-state index contributed by atoms with van der Waals surface area (Å²) in [6.45, 7) is 6.10. The van der Waals surface area contributed by atoms with Crippen molar-refractivity contribution in [2.45, 2.75) is 25.9 Å². The minimum Gasteiger partial charge on any atom is -0.405 e. The molecule has 1 rings (SSSR count). The number of nitrogens with one attached hydrogen (secondary N) is 1. The summed E-state index contributed by atoms with van der Waals surface area (Å²) >= 11 is 3.05. The molecule has 0 aliphatic carbocycles. The first-order valence-electron chi connectivity index (χ1n) is 5.22. The second-order valence-electron chi connectivity index (χ2n) is 3.72. The Labute approximate surface area is 112 Å². The molecular weight excluding hydrogens is 311 g/mol. The highest BCUT2D eigenvalue weighted by molar-refractivity contribution is 9.10. The van der Waals surface area contributed by atoms with Gasteiger partial charge in [0.25, 0.3) is 0 Å². The summed E-state index contributed by atoms with van der Waals surface area (Å²) in [6, 6.07) is 4.58. The molecule has 100 valence electrons. The summed E-state index contributed by atoms with van der Waals surface area (Å²) in [5.74, 6) is -0.247. The number of ether oxygens (including phenoxy) is 1. The predicted octanol–water partition coefficient (Wildman–Crippen LogP) is 4.01. The van der Waals surface area contributed by atoms with Gasteiger partial charge in [-0.25, -0.2) is 0 Å². The maximum atomic E-state index is 12.1. The lowest BCUT2D eigenvalue weighted by atomic mass is 10.2. The Morgan fingerprint density at radius 3 is 2.67 bits per heavy atom. The topological polar surface area (TPSA) is 21.3 Å². The Bertz CT molecular complexity index is 420. The number of hydrogen-bond acceptors (Lipinski definition) is 2. The minimum atomic E-state index is -4.68.